The minimum Gasteiger partial charge on any atom is -0.481 e. The summed E-state index contributed by atoms with van der Waals surface area (Å²) in [5.74, 6) is -0.243. The van der Waals surface area contributed by atoms with Gasteiger partial charge >= 0.3 is 5.97 Å². The molecule has 0 aromatic rings. The summed E-state index contributed by atoms with van der Waals surface area (Å²) in [6, 6.07) is -0.351. The van der Waals surface area contributed by atoms with Gasteiger partial charge in [0.05, 0.1) is 11.7 Å². The molecule has 3 saturated carbocycles. The fourth-order valence-electron chi connectivity index (χ4n) is 5.65. The van der Waals surface area contributed by atoms with Crippen LogP contribution in [0.3, 0.4) is 0 Å². The topological polar surface area (TPSA) is 74.7 Å². The summed E-state index contributed by atoms with van der Waals surface area (Å²) in [6.45, 7) is 0. The standard InChI is InChI=1S/C16H25NO4S/c18-15(19)13-9-12-1-2-14(13)17(12)22(20,21)10-16-6-3-11(4-7-16)5-8-16/h11-14H,1-10H2,(H,18,19). The molecule has 3 aliphatic carbocycles. The Bertz CT molecular complexity index is 565. The third kappa shape index (κ3) is 2.21. The van der Waals surface area contributed by atoms with Crippen LogP contribution in [0.5, 0.6) is 0 Å². The van der Waals surface area contributed by atoms with Gasteiger partial charge in [0, 0.05) is 12.1 Å². The van der Waals surface area contributed by atoms with E-state index in [4.69, 9.17) is 0 Å². The lowest BCUT2D eigenvalue weighted by Gasteiger charge is -2.47. The molecule has 22 heavy (non-hydrogen) atoms. The van der Waals surface area contributed by atoms with Crippen molar-refractivity contribution in [1.29, 1.82) is 0 Å². The van der Waals surface area contributed by atoms with Crippen LogP contribution < -0.4 is 0 Å². The number of carbonyl (C=O) groups is 1. The highest BCUT2D eigenvalue weighted by Crippen LogP contribution is 2.52. The second kappa shape index (κ2) is 4.94. The van der Waals surface area contributed by atoms with Crippen molar-refractivity contribution in [2.75, 3.05) is 5.75 Å². The van der Waals surface area contributed by atoms with Crippen LogP contribution in [0.15, 0.2) is 0 Å². The molecule has 3 unspecified atom stereocenters. The average Bonchev–Trinajstić information content (AvgIpc) is 3.06. The molecular weight excluding hydrogens is 302 g/mol. The van der Waals surface area contributed by atoms with Crippen LogP contribution in [0.25, 0.3) is 0 Å². The van der Waals surface area contributed by atoms with Gasteiger partial charge in [-0.1, -0.05) is 0 Å². The Balaban J connectivity index is 1.55. The van der Waals surface area contributed by atoms with Gasteiger partial charge in [-0.15, -0.1) is 0 Å². The third-order valence-corrected chi connectivity index (χ3v) is 9.04. The molecule has 2 aliphatic heterocycles. The van der Waals surface area contributed by atoms with Crippen molar-refractivity contribution in [2.45, 2.75) is 69.9 Å². The number of hydrogen-bond acceptors (Lipinski definition) is 3. The van der Waals surface area contributed by atoms with Gasteiger partial charge < -0.3 is 5.11 Å². The maximum Gasteiger partial charge on any atom is 0.308 e. The van der Waals surface area contributed by atoms with Gasteiger partial charge in [-0.05, 0) is 69.1 Å². The van der Waals surface area contributed by atoms with E-state index in [1.54, 1.807) is 4.31 Å². The molecule has 5 aliphatic rings. The summed E-state index contributed by atoms with van der Waals surface area (Å²) < 4.78 is 27.7. The fourth-order valence-corrected chi connectivity index (χ4v) is 8.32. The monoisotopic (exact) mass is 327 g/mol. The van der Waals surface area contributed by atoms with Gasteiger partial charge in [0.15, 0.2) is 0 Å². The van der Waals surface area contributed by atoms with Crippen molar-refractivity contribution >= 4 is 16.0 Å². The van der Waals surface area contributed by atoms with Gasteiger partial charge in [0.1, 0.15) is 0 Å². The number of sulfonamides is 1. The lowest BCUT2D eigenvalue weighted by atomic mass is 9.62. The molecule has 2 heterocycles. The van der Waals surface area contributed by atoms with Crippen LogP contribution in [0.1, 0.15) is 57.8 Å². The number of carboxylic acids is 1. The molecule has 4 bridgehead atoms. The molecule has 3 atom stereocenters. The summed E-state index contributed by atoms with van der Waals surface area (Å²) >= 11 is 0. The van der Waals surface area contributed by atoms with Crippen LogP contribution in [0, 0.1) is 17.3 Å². The largest absolute Gasteiger partial charge is 0.481 e. The average molecular weight is 327 g/mol. The van der Waals surface area contributed by atoms with Gasteiger partial charge in [-0.25, -0.2) is 8.42 Å². The van der Waals surface area contributed by atoms with Crippen molar-refractivity contribution in [3.8, 4) is 0 Å². The van der Waals surface area contributed by atoms with Crippen LogP contribution in [-0.4, -0.2) is 41.6 Å². The van der Waals surface area contributed by atoms with E-state index in [1.807, 2.05) is 0 Å². The first kappa shape index (κ1) is 14.9. The lowest BCUT2D eigenvalue weighted by molar-refractivity contribution is -0.142. The predicted octanol–water partition coefficient (Wildman–Crippen LogP) is 2.22. The molecule has 5 rings (SSSR count). The zero-order valence-corrected chi connectivity index (χ0v) is 13.7. The summed E-state index contributed by atoms with van der Waals surface area (Å²) in [6.07, 6.45) is 8.74. The molecule has 124 valence electrons. The van der Waals surface area contributed by atoms with Crippen molar-refractivity contribution in [3.63, 3.8) is 0 Å². The van der Waals surface area contributed by atoms with E-state index < -0.39 is 21.9 Å². The van der Waals surface area contributed by atoms with Crippen LogP contribution >= 0.6 is 0 Å². The quantitative estimate of drug-likeness (QED) is 0.859. The first-order chi connectivity index (χ1) is 10.4. The maximum absolute atomic E-state index is 13.0. The Hall–Kier alpha value is -0.620. The Kier molecular flexibility index (Phi) is 3.35. The van der Waals surface area contributed by atoms with E-state index >= 15 is 0 Å². The van der Waals surface area contributed by atoms with E-state index in [0.29, 0.717) is 6.42 Å². The van der Waals surface area contributed by atoms with Crippen LogP contribution in [0.2, 0.25) is 0 Å². The highest BCUT2D eigenvalue weighted by Gasteiger charge is 2.55. The second-order valence-electron chi connectivity index (χ2n) is 8.05. The molecule has 0 aromatic carbocycles. The minimum absolute atomic E-state index is 0.0195. The molecule has 5 fully saturated rings. The number of hydrogen-bond donors (Lipinski definition) is 1. The molecule has 0 spiro atoms. The maximum atomic E-state index is 13.0. The summed E-state index contributed by atoms with van der Waals surface area (Å²) in [4.78, 5) is 11.4. The minimum atomic E-state index is -3.34. The zero-order chi connectivity index (χ0) is 15.5. The normalized spacial score (nSPS) is 44.5. The number of nitrogens with zero attached hydrogens (tertiary/aromatic N) is 1. The molecule has 2 saturated heterocycles. The van der Waals surface area contributed by atoms with E-state index in [0.717, 1.165) is 38.0 Å². The smallest absolute Gasteiger partial charge is 0.308 e. The van der Waals surface area contributed by atoms with Crippen molar-refractivity contribution in [3.05, 3.63) is 0 Å². The van der Waals surface area contributed by atoms with E-state index in [9.17, 15) is 18.3 Å². The van der Waals surface area contributed by atoms with Gasteiger partial charge in [-0.3, -0.25) is 4.79 Å². The summed E-state index contributed by atoms with van der Waals surface area (Å²) in [5, 5.41) is 9.32. The van der Waals surface area contributed by atoms with Gasteiger partial charge in [0.25, 0.3) is 0 Å². The number of carboxylic acid groups (broad SMARTS) is 1. The molecule has 0 radical (unpaired) electrons. The summed E-state index contributed by atoms with van der Waals surface area (Å²) in [7, 11) is -3.34. The first-order valence-corrected chi connectivity index (χ1v) is 10.3. The van der Waals surface area contributed by atoms with Crippen LogP contribution in [0.4, 0.5) is 0 Å². The molecule has 5 nitrogen and oxygen atoms in total. The Morgan fingerprint density at radius 1 is 1.09 bits per heavy atom. The SMILES string of the molecule is O=C(O)C1CC2CCC1N2S(=O)(=O)CC12CCC(CC1)CC2. The Labute approximate surface area is 132 Å². The number of rotatable bonds is 4. The third-order valence-electron chi connectivity index (χ3n) is 6.85. The highest BCUT2D eigenvalue weighted by molar-refractivity contribution is 7.89. The summed E-state index contributed by atoms with van der Waals surface area (Å²) in [5.41, 5.74) is -0.0195. The van der Waals surface area contributed by atoms with E-state index in [2.05, 4.69) is 0 Å². The first-order valence-electron chi connectivity index (χ1n) is 8.64. The van der Waals surface area contributed by atoms with Gasteiger partial charge in [-0.2, -0.15) is 4.31 Å². The predicted molar refractivity (Wildman–Crippen MR) is 81.8 cm³/mol. The molecule has 6 heteroatoms. The van der Waals surface area contributed by atoms with E-state index in [-0.39, 0.29) is 23.3 Å². The molecule has 1 N–H and O–H groups in total. The molecular formula is C16H25NO4S. The van der Waals surface area contributed by atoms with Crippen molar-refractivity contribution < 1.29 is 18.3 Å². The number of fused-ring (bicyclic) bond motifs is 5. The number of aliphatic carboxylic acids is 1. The van der Waals surface area contributed by atoms with E-state index in [1.165, 1.54) is 19.3 Å². The Morgan fingerprint density at radius 3 is 2.27 bits per heavy atom. The zero-order valence-electron chi connectivity index (χ0n) is 12.9. The fraction of sp³-hybridized carbons (Fsp3) is 0.938. The Morgan fingerprint density at radius 2 is 1.73 bits per heavy atom. The lowest BCUT2D eigenvalue weighted by Crippen LogP contribution is -2.46. The second-order valence-corrected chi connectivity index (χ2v) is 9.92. The van der Waals surface area contributed by atoms with Crippen molar-refractivity contribution in [1.82, 2.24) is 4.31 Å². The van der Waals surface area contributed by atoms with Crippen LogP contribution in [-0.2, 0) is 14.8 Å². The molecule has 0 amide bonds. The van der Waals surface area contributed by atoms with Crippen molar-refractivity contribution in [2.24, 2.45) is 17.3 Å². The van der Waals surface area contributed by atoms with Gasteiger partial charge in [0.2, 0.25) is 10.0 Å². The molecule has 0 aromatic heterocycles. The highest BCUT2D eigenvalue weighted by atomic mass is 32.2.